The summed E-state index contributed by atoms with van der Waals surface area (Å²) < 4.78 is 0.876. The van der Waals surface area contributed by atoms with Crippen molar-refractivity contribution in [3.05, 3.63) is 28.2 Å². The maximum atomic E-state index is 11.4. The minimum absolute atomic E-state index is 0.546. The second kappa shape index (κ2) is 5.67. The molecule has 0 aromatic heterocycles. The zero-order valence-electron chi connectivity index (χ0n) is 9.45. The van der Waals surface area contributed by atoms with Crippen LogP contribution in [-0.4, -0.2) is 23.1 Å². The predicted molar refractivity (Wildman–Crippen MR) is 68.1 cm³/mol. The molecule has 0 fully saturated rings. The number of aryl methyl sites for hydroxylation is 1. The fourth-order valence-corrected chi connectivity index (χ4v) is 1.47. The highest BCUT2D eigenvalue weighted by Crippen LogP contribution is 2.20. The highest BCUT2D eigenvalue weighted by atomic mass is 79.9. The predicted octanol–water partition coefficient (Wildman–Crippen LogP) is 2.35. The molecule has 1 atom stereocenters. The van der Waals surface area contributed by atoms with Crippen molar-refractivity contribution in [3.63, 3.8) is 0 Å². The zero-order valence-corrected chi connectivity index (χ0v) is 11.0. The number of carbonyl (C=O) groups excluding carboxylic acids is 1. The van der Waals surface area contributed by atoms with Crippen LogP contribution in [-0.2, 0) is 4.79 Å². The molecule has 0 saturated heterocycles. The molecule has 1 rings (SSSR count). The summed E-state index contributed by atoms with van der Waals surface area (Å²) in [6.45, 7) is 3.33. The monoisotopic (exact) mass is 300 g/mol. The minimum atomic E-state index is -1.08. The summed E-state index contributed by atoms with van der Waals surface area (Å²) in [6.07, 6.45) is 0. The van der Waals surface area contributed by atoms with Crippen LogP contribution >= 0.6 is 15.9 Å². The summed E-state index contributed by atoms with van der Waals surface area (Å²) in [6, 6.07) is 3.87. The maximum absolute atomic E-state index is 11.4. The number of urea groups is 1. The SMILES string of the molecule is Cc1ccc(NC(=O)N[C@H](C)C(=O)O)cc1Br. The summed E-state index contributed by atoms with van der Waals surface area (Å²) in [5.41, 5.74) is 1.65. The van der Waals surface area contributed by atoms with E-state index in [0.29, 0.717) is 5.69 Å². The highest BCUT2D eigenvalue weighted by molar-refractivity contribution is 9.10. The number of halogens is 1. The molecule has 0 heterocycles. The number of hydrogen-bond donors (Lipinski definition) is 3. The Balaban J connectivity index is 2.62. The van der Waals surface area contributed by atoms with E-state index in [0.717, 1.165) is 10.0 Å². The molecular formula is C11H13BrN2O3. The molecule has 0 radical (unpaired) electrons. The van der Waals surface area contributed by atoms with E-state index in [4.69, 9.17) is 5.11 Å². The standard InChI is InChI=1S/C11H13BrN2O3/c1-6-3-4-8(5-9(6)12)14-11(17)13-7(2)10(15)16/h3-5,7H,1-2H3,(H,15,16)(H2,13,14,17)/t7-/m1/s1. The lowest BCUT2D eigenvalue weighted by atomic mass is 10.2. The van der Waals surface area contributed by atoms with Crippen LogP contribution in [0.25, 0.3) is 0 Å². The largest absolute Gasteiger partial charge is 0.480 e. The number of nitrogens with one attached hydrogen (secondary N) is 2. The van der Waals surface area contributed by atoms with Crippen molar-refractivity contribution >= 4 is 33.6 Å². The van der Waals surface area contributed by atoms with Gasteiger partial charge in [0.1, 0.15) is 6.04 Å². The molecule has 1 aromatic carbocycles. The zero-order chi connectivity index (χ0) is 13.0. The second-order valence-corrected chi connectivity index (χ2v) is 4.48. The number of carboxylic acid groups (broad SMARTS) is 1. The molecule has 6 heteroatoms. The van der Waals surface area contributed by atoms with Gasteiger partial charge in [0, 0.05) is 10.2 Å². The van der Waals surface area contributed by atoms with Crippen molar-refractivity contribution in [2.45, 2.75) is 19.9 Å². The normalized spacial score (nSPS) is 11.7. The number of carbonyl (C=O) groups is 2. The van der Waals surface area contributed by atoms with Crippen molar-refractivity contribution in [3.8, 4) is 0 Å². The lowest BCUT2D eigenvalue weighted by Crippen LogP contribution is -2.40. The smallest absolute Gasteiger partial charge is 0.325 e. The number of benzene rings is 1. The first-order valence-corrected chi connectivity index (χ1v) is 5.76. The van der Waals surface area contributed by atoms with E-state index >= 15 is 0 Å². The van der Waals surface area contributed by atoms with Gasteiger partial charge in [-0.25, -0.2) is 4.79 Å². The highest BCUT2D eigenvalue weighted by Gasteiger charge is 2.13. The van der Waals surface area contributed by atoms with Gasteiger partial charge in [-0.15, -0.1) is 0 Å². The molecule has 0 bridgehead atoms. The topological polar surface area (TPSA) is 78.4 Å². The summed E-state index contributed by atoms with van der Waals surface area (Å²) in [5.74, 6) is -1.08. The van der Waals surface area contributed by atoms with E-state index in [2.05, 4.69) is 26.6 Å². The van der Waals surface area contributed by atoms with Crippen LogP contribution in [0.4, 0.5) is 10.5 Å². The molecule has 0 spiro atoms. The molecule has 2 amide bonds. The Kier molecular flexibility index (Phi) is 4.51. The van der Waals surface area contributed by atoms with Gasteiger partial charge in [0.15, 0.2) is 0 Å². The summed E-state index contributed by atoms with van der Waals surface area (Å²) in [4.78, 5) is 22.0. The molecule has 3 N–H and O–H groups in total. The van der Waals surface area contributed by atoms with E-state index in [-0.39, 0.29) is 0 Å². The number of amides is 2. The van der Waals surface area contributed by atoms with Gasteiger partial charge in [0.2, 0.25) is 0 Å². The fraction of sp³-hybridized carbons (Fsp3) is 0.273. The first-order valence-electron chi connectivity index (χ1n) is 4.96. The van der Waals surface area contributed by atoms with Crippen LogP contribution in [0.15, 0.2) is 22.7 Å². The van der Waals surface area contributed by atoms with Gasteiger partial charge in [-0.3, -0.25) is 4.79 Å². The number of rotatable bonds is 3. The minimum Gasteiger partial charge on any atom is -0.480 e. The van der Waals surface area contributed by atoms with E-state index in [9.17, 15) is 9.59 Å². The summed E-state index contributed by atoms with van der Waals surface area (Å²) in [7, 11) is 0. The average Bonchev–Trinajstić information content (AvgIpc) is 2.23. The van der Waals surface area contributed by atoms with Crippen molar-refractivity contribution in [1.29, 1.82) is 0 Å². The second-order valence-electron chi connectivity index (χ2n) is 3.62. The molecule has 0 saturated carbocycles. The Hall–Kier alpha value is -1.56. The fourth-order valence-electron chi connectivity index (χ4n) is 1.10. The van der Waals surface area contributed by atoms with Gasteiger partial charge in [-0.2, -0.15) is 0 Å². The van der Waals surface area contributed by atoms with Gasteiger partial charge >= 0.3 is 12.0 Å². The lowest BCUT2D eigenvalue weighted by Gasteiger charge is -2.11. The third-order valence-electron chi connectivity index (χ3n) is 2.15. The van der Waals surface area contributed by atoms with E-state index in [1.165, 1.54) is 6.92 Å². The maximum Gasteiger partial charge on any atom is 0.325 e. The Morgan fingerprint density at radius 2 is 2.06 bits per heavy atom. The van der Waals surface area contributed by atoms with Crippen molar-refractivity contribution < 1.29 is 14.7 Å². The van der Waals surface area contributed by atoms with Crippen LogP contribution in [0, 0.1) is 6.92 Å². The van der Waals surface area contributed by atoms with Gasteiger partial charge in [0.25, 0.3) is 0 Å². The van der Waals surface area contributed by atoms with Crippen LogP contribution < -0.4 is 10.6 Å². The van der Waals surface area contributed by atoms with Crippen molar-refractivity contribution in [2.24, 2.45) is 0 Å². The molecule has 0 aliphatic heterocycles. The molecule has 1 aromatic rings. The van der Waals surface area contributed by atoms with Crippen molar-refractivity contribution in [2.75, 3.05) is 5.32 Å². The van der Waals surface area contributed by atoms with Gasteiger partial charge in [-0.05, 0) is 31.5 Å². The Morgan fingerprint density at radius 1 is 1.41 bits per heavy atom. The van der Waals surface area contributed by atoms with Crippen LogP contribution in [0.5, 0.6) is 0 Å². The summed E-state index contributed by atoms with van der Waals surface area (Å²) >= 11 is 3.34. The van der Waals surface area contributed by atoms with E-state index in [1.54, 1.807) is 12.1 Å². The number of carboxylic acids is 1. The summed E-state index contributed by atoms with van der Waals surface area (Å²) in [5, 5.41) is 13.5. The lowest BCUT2D eigenvalue weighted by molar-refractivity contribution is -0.138. The van der Waals surface area contributed by atoms with Gasteiger partial charge < -0.3 is 15.7 Å². The third-order valence-corrected chi connectivity index (χ3v) is 3.00. The molecular weight excluding hydrogens is 288 g/mol. The molecule has 0 unspecified atom stereocenters. The van der Waals surface area contributed by atoms with E-state index < -0.39 is 18.0 Å². The Labute approximate surface area is 107 Å². The molecule has 0 aliphatic rings. The van der Waals surface area contributed by atoms with Gasteiger partial charge in [-0.1, -0.05) is 22.0 Å². The third kappa shape index (κ3) is 4.07. The Morgan fingerprint density at radius 3 is 2.59 bits per heavy atom. The van der Waals surface area contributed by atoms with E-state index in [1.807, 2.05) is 13.0 Å². The van der Waals surface area contributed by atoms with Crippen LogP contribution in [0.1, 0.15) is 12.5 Å². The quantitative estimate of drug-likeness (QED) is 0.802. The number of anilines is 1. The number of hydrogen-bond acceptors (Lipinski definition) is 2. The van der Waals surface area contributed by atoms with Crippen molar-refractivity contribution in [1.82, 2.24) is 5.32 Å². The van der Waals surface area contributed by atoms with Crippen LogP contribution in [0.3, 0.4) is 0 Å². The van der Waals surface area contributed by atoms with Gasteiger partial charge in [0.05, 0.1) is 0 Å². The van der Waals surface area contributed by atoms with Crippen LogP contribution in [0.2, 0.25) is 0 Å². The Bertz CT molecular complexity index is 448. The first kappa shape index (κ1) is 13.5. The molecule has 92 valence electrons. The average molecular weight is 301 g/mol. The number of aliphatic carboxylic acids is 1. The molecule has 0 aliphatic carbocycles. The first-order chi connectivity index (χ1) is 7.90. The molecule has 17 heavy (non-hydrogen) atoms. The molecule has 5 nitrogen and oxygen atoms in total.